The Morgan fingerprint density at radius 1 is 1.59 bits per heavy atom. The number of pyridine rings is 1. The highest BCUT2D eigenvalue weighted by atomic mass is 32.2. The molecule has 0 bridgehead atoms. The summed E-state index contributed by atoms with van der Waals surface area (Å²) in [6, 6.07) is 5.80. The highest BCUT2D eigenvalue weighted by molar-refractivity contribution is 7.98. The fraction of sp³-hybridized carbons (Fsp3) is 0.400. The topological polar surface area (TPSA) is 80.1 Å². The Hall–Kier alpha value is -2.20. The lowest BCUT2D eigenvalue weighted by Crippen LogP contribution is -2.42. The van der Waals surface area contributed by atoms with Gasteiger partial charge in [-0.3, -0.25) is 15.1 Å². The van der Waals surface area contributed by atoms with Gasteiger partial charge in [0.15, 0.2) is 5.82 Å². The quantitative estimate of drug-likeness (QED) is 0.313. The Morgan fingerprint density at radius 3 is 2.95 bits per heavy atom. The highest BCUT2D eigenvalue weighted by Gasteiger charge is 2.16. The molecule has 0 radical (unpaired) electrons. The second-order valence-corrected chi connectivity index (χ2v) is 6.13. The van der Waals surface area contributed by atoms with E-state index < -0.39 is 10.5 Å². The van der Waals surface area contributed by atoms with Crippen LogP contribution in [0.4, 0.5) is 0 Å². The van der Waals surface area contributed by atoms with Crippen LogP contribution in [-0.2, 0) is 5.75 Å². The van der Waals surface area contributed by atoms with Gasteiger partial charge in [-0.25, -0.2) is 0 Å². The number of nitrogens with one attached hydrogen (secondary N) is 2. The molecule has 0 aliphatic heterocycles. The molecule has 0 fully saturated rings. The van der Waals surface area contributed by atoms with Crippen LogP contribution >= 0.6 is 11.8 Å². The third kappa shape index (κ3) is 7.55. The molecular weight excluding hydrogens is 300 g/mol. The van der Waals surface area contributed by atoms with E-state index >= 15 is 0 Å². The summed E-state index contributed by atoms with van der Waals surface area (Å²) in [5, 5.41) is 16.6. The van der Waals surface area contributed by atoms with Gasteiger partial charge < -0.3 is 10.6 Å². The molecule has 0 aliphatic carbocycles. The summed E-state index contributed by atoms with van der Waals surface area (Å²) in [5.74, 6) is 4.45. The average molecular weight is 320 g/mol. The van der Waals surface area contributed by atoms with Gasteiger partial charge in [0.05, 0.1) is 16.2 Å². The summed E-state index contributed by atoms with van der Waals surface area (Å²) in [4.78, 5) is 14.4. The Kier molecular flexibility index (Phi) is 7.26. The van der Waals surface area contributed by atoms with Crippen LogP contribution in [0.2, 0.25) is 0 Å². The lowest BCUT2D eigenvalue weighted by Gasteiger charge is -2.22. The van der Waals surface area contributed by atoms with E-state index in [2.05, 4.69) is 21.5 Å². The molecule has 2 N–H and O–H groups in total. The predicted octanol–water partition coefficient (Wildman–Crippen LogP) is 1.98. The van der Waals surface area contributed by atoms with E-state index in [-0.39, 0.29) is 0 Å². The standard InChI is InChI=1S/C15H20N4O2S/c1-4-15(2,3)18-14(11-19(20)21)17-9-10-22-12-13-7-5-6-8-16-13/h1,5-8,11,17-18H,9-10,12H2,2-3H3/b14-11+. The zero-order valence-corrected chi connectivity index (χ0v) is 13.5. The highest BCUT2D eigenvalue weighted by Crippen LogP contribution is 2.08. The minimum absolute atomic E-state index is 0.311. The molecule has 0 saturated carbocycles. The van der Waals surface area contributed by atoms with Crippen molar-refractivity contribution >= 4 is 11.8 Å². The molecule has 118 valence electrons. The summed E-state index contributed by atoms with van der Waals surface area (Å²) in [6.07, 6.45) is 8.03. The Bertz CT molecular complexity index is 552. The number of thioether (sulfide) groups is 1. The summed E-state index contributed by atoms with van der Waals surface area (Å²) < 4.78 is 0. The summed E-state index contributed by atoms with van der Waals surface area (Å²) in [7, 11) is 0. The summed E-state index contributed by atoms with van der Waals surface area (Å²) >= 11 is 1.70. The van der Waals surface area contributed by atoms with Crippen molar-refractivity contribution in [2.45, 2.75) is 25.1 Å². The average Bonchev–Trinajstić information content (AvgIpc) is 2.47. The van der Waals surface area contributed by atoms with Crippen molar-refractivity contribution in [1.29, 1.82) is 0 Å². The maximum absolute atomic E-state index is 10.6. The van der Waals surface area contributed by atoms with Gasteiger partial charge in [0.2, 0.25) is 0 Å². The fourth-order valence-corrected chi connectivity index (χ4v) is 2.29. The summed E-state index contributed by atoms with van der Waals surface area (Å²) in [6.45, 7) is 4.14. The number of hydrogen-bond donors (Lipinski definition) is 2. The van der Waals surface area contributed by atoms with Gasteiger partial charge in [-0.2, -0.15) is 11.8 Å². The second-order valence-electron chi connectivity index (χ2n) is 5.02. The molecule has 0 amide bonds. The minimum atomic E-state index is -0.657. The Balaban J connectivity index is 2.38. The van der Waals surface area contributed by atoms with Crippen LogP contribution in [0.15, 0.2) is 36.4 Å². The van der Waals surface area contributed by atoms with Crippen LogP contribution < -0.4 is 10.6 Å². The lowest BCUT2D eigenvalue weighted by molar-refractivity contribution is -0.404. The molecule has 22 heavy (non-hydrogen) atoms. The molecule has 0 atom stereocenters. The minimum Gasteiger partial charge on any atom is -0.366 e. The van der Waals surface area contributed by atoms with Crippen molar-refractivity contribution in [3.63, 3.8) is 0 Å². The molecule has 1 aromatic heterocycles. The predicted molar refractivity (Wildman–Crippen MR) is 89.5 cm³/mol. The molecule has 0 unspecified atom stereocenters. The molecular formula is C15H20N4O2S. The van der Waals surface area contributed by atoms with Gasteiger partial charge in [0, 0.05) is 24.2 Å². The largest absolute Gasteiger partial charge is 0.366 e. The Labute approximate surface area is 134 Å². The van der Waals surface area contributed by atoms with Gasteiger partial charge in [-0.05, 0) is 26.0 Å². The molecule has 0 spiro atoms. The third-order valence-corrected chi connectivity index (χ3v) is 3.57. The van der Waals surface area contributed by atoms with E-state index in [1.165, 1.54) is 0 Å². The monoisotopic (exact) mass is 320 g/mol. The van der Waals surface area contributed by atoms with Crippen LogP contribution in [-0.4, -0.2) is 27.7 Å². The normalized spacial score (nSPS) is 11.6. The van der Waals surface area contributed by atoms with Gasteiger partial charge in [-0.15, -0.1) is 6.42 Å². The first-order valence-electron chi connectivity index (χ1n) is 6.76. The molecule has 6 nitrogen and oxygen atoms in total. The van der Waals surface area contributed by atoms with Crippen molar-refractivity contribution < 1.29 is 4.92 Å². The first kappa shape index (κ1) is 17.9. The zero-order chi connectivity index (χ0) is 16.4. The smallest absolute Gasteiger partial charge is 0.274 e. The molecule has 1 aromatic rings. The zero-order valence-electron chi connectivity index (χ0n) is 12.7. The van der Waals surface area contributed by atoms with Crippen LogP contribution in [0.5, 0.6) is 0 Å². The van der Waals surface area contributed by atoms with Crippen LogP contribution in [0, 0.1) is 22.5 Å². The molecule has 1 rings (SSSR count). The first-order valence-corrected chi connectivity index (χ1v) is 7.91. The number of nitrogens with zero attached hydrogens (tertiary/aromatic N) is 2. The van der Waals surface area contributed by atoms with Crippen molar-refractivity contribution in [2.24, 2.45) is 0 Å². The van der Waals surface area contributed by atoms with Crippen molar-refractivity contribution in [3.8, 4) is 12.3 Å². The van der Waals surface area contributed by atoms with Gasteiger partial charge in [0.25, 0.3) is 6.20 Å². The van der Waals surface area contributed by atoms with E-state index in [1.807, 2.05) is 18.2 Å². The second kappa shape index (κ2) is 8.95. The third-order valence-electron chi connectivity index (χ3n) is 2.58. The first-order chi connectivity index (χ1) is 10.4. The number of rotatable bonds is 9. The molecule has 0 saturated heterocycles. The van der Waals surface area contributed by atoms with E-state index in [1.54, 1.807) is 31.8 Å². The van der Waals surface area contributed by atoms with Gasteiger partial charge in [0.1, 0.15) is 0 Å². The van der Waals surface area contributed by atoms with E-state index in [0.717, 1.165) is 23.4 Å². The lowest BCUT2D eigenvalue weighted by atomic mass is 10.1. The van der Waals surface area contributed by atoms with Gasteiger partial charge >= 0.3 is 0 Å². The van der Waals surface area contributed by atoms with Crippen molar-refractivity contribution in [3.05, 3.63) is 52.2 Å². The Morgan fingerprint density at radius 2 is 2.36 bits per heavy atom. The maximum atomic E-state index is 10.6. The molecule has 1 heterocycles. The number of nitro groups is 1. The number of aromatic nitrogens is 1. The molecule has 0 aromatic carbocycles. The van der Waals surface area contributed by atoms with Gasteiger partial charge in [-0.1, -0.05) is 12.0 Å². The van der Waals surface area contributed by atoms with Crippen molar-refractivity contribution in [1.82, 2.24) is 15.6 Å². The van der Waals surface area contributed by atoms with Crippen LogP contribution in [0.25, 0.3) is 0 Å². The fourth-order valence-electron chi connectivity index (χ4n) is 1.52. The SMILES string of the molecule is C#CC(C)(C)N/C(=C/[N+](=O)[O-])NCCSCc1ccccn1. The number of hydrogen-bond acceptors (Lipinski definition) is 6. The van der Waals surface area contributed by atoms with E-state index in [9.17, 15) is 10.1 Å². The van der Waals surface area contributed by atoms with E-state index in [4.69, 9.17) is 6.42 Å². The maximum Gasteiger partial charge on any atom is 0.274 e. The molecule has 0 aliphatic rings. The van der Waals surface area contributed by atoms with Crippen LogP contribution in [0.1, 0.15) is 19.5 Å². The van der Waals surface area contributed by atoms with Crippen LogP contribution in [0.3, 0.4) is 0 Å². The van der Waals surface area contributed by atoms with E-state index in [0.29, 0.717) is 12.4 Å². The molecule has 7 heteroatoms. The number of terminal acetylenes is 1. The van der Waals surface area contributed by atoms with Crippen molar-refractivity contribution in [2.75, 3.05) is 12.3 Å². The summed E-state index contributed by atoms with van der Waals surface area (Å²) in [5.41, 5.74) is 0.357.